The molecule has 116 valence electrons. The van der Waals surface area contributed by atoms with E-state index in [1.807, 2.05) is 25.4 Å². The summed E-state index contributed by atoms with van der Waals surface area (Å²) in [6.07, 6.45) is 7.75. The molecule has 0 aromatic carbocycles. The van der Waals surface area contributed by atoms with Crippen LogP contribution in [-0.2, 0) is 6.54 Å². The summed E-state index contributed by atoms with van der Waals surface area (Å²) in [5.74, 6) is 0.920. The Morgan fingerprint density at radius 3 is 3.05 bits per heavy atom. The zero-order chi connectivity index (χ0) is 15.4. The van der Waals surface area contributed by atoms with Gasteiger partial charge in [0.15, 0.2) is 0 Å². The van der Waals surface area contributed by atoms with Gasteiger partial charge in [-0.1, -0.05) is 0 Å². The number of nitrogens with one attached hydrogen (secondary N) is 1. The van der Waals surface area contributed by atoms with E-state index in [2.05, 4.69) is 47.2 Å². The molecule has 1 N–H and O–H groups in total. The van der Waals surface area contributed by atoms with Gasteiger partial charge in [-0.05, 0) is 53.9 Å². The first kappa shape index (κ1) is 15.4. The Bertz CT molecular complexity index is 580. The van der Waals surface area contributed by atoms with Crippen molar-refractivity contribution >= 4 is 21.7 Å². The summed E-state index contributed by atoms with van der Waals surface area (Å²) in [5.41, 5.74) is 2.23. The minimum Gasteiger partial charge on any atom is -0.366 e. The number of likely N-dealkylation sites (tertiary alicyclic amines) is 1. The zero-order valence-corrected chi connectivity index (χ0v) is 14.3. The molecule has 22 heavy (non-hydrogen) atoms. The standard InChI is InChI=1S/C16H20BrN5/c1-12-5-16(20-11-19-12)21-15-3-2-4-22(10-15)9-13-6-14(17)8-18-7-13/h5-8,11,15H,2-4,9-10H2,1H3,(H,19,20,21). The summed E-state index contributed by atoms with van der Waals surface area (Å²) in [6.45, 7) is 5.08. The minimum absolute atomic E-state index is 0.433. The Morgan fingerprint density at radius 2 is 2.23 bits per heavy atom. The highest BCUT2D eigenvalue weighted by Gasteiger charge is 2.20. The van der Waals surface area contributed by atoms with E-state index < -0.39 is 0 Å². The third-order valence-corrected chi connectivity index (χ3v) is 4.26. The molecule has 1 aliphatic heterocycles. The maximum absolute atomic E-state index is 4.30. The van der Waals surface area contributed by atoms with Gasteiger partial charge in [-0.15, -0.1) is 0 Å². The first-order valence-electron chi connectivity index (χ1n) is 7.56. The van der Waals surface area contributed by atoms with Crippen LogP contribution in [0.4, 0.5) is 5.82 Å². The van der Waals surface area contributed by atoms with Crippen LogP contribution in [0.15, 0.2) is 35.3 Å². The molecule has 1 atom stereocenters. The number of hydrogen-bond acceptors (Lipinski definition) is 5. The van der Waals surface area contributed by atoms with Gasteiger partial charge < -0.3 is 5.32 Å². The van der Waals surface area contributed by atoms with Crippen molar-refractivity contribution in [1.29, 1.82) is 0 Å². The van der Waals surface area contributed by atoms with Crippen LogP contribution >= 0.6 is 15.9 Å². The van der Waals surface area contributed by atoms with E-state index in [9.17, 15) is 0 Å². The van der Waals surface area contributed by atoms with E-state index in [0.717, 1.165) is 35.6 Å². The fourth-order valence-corrected chi connectivity index (χ4v) is 3.27. The summed E-state index contributed by atoms with van der Waals surface area (Å²) in [5, 5.41) is 3.53. The maximum atomic E-state index is 4.30. The maximum Gasteiger partial charge on any atom is 0.129 e. The van der Waals surface area contributed by atoms with Crippen molar-refractivity contribution in [2.24, 2.45) is 0 Å². The molecule has 0 spiro atoms. The number of aromatic nitrogens is 3. The first-order valence-corrected chi connectivity index (χ1v) is 8.35. The Hall–Kier alpha value is -1.53. The van der Waals surface area contributed by atoms with Gasteiger partial charge >= 0.3 is 0 Å². The molecular weight excluding hydrogens is 342 g/mol. The first-order chi connectivity index (χ1) is 10.7. The van der Waals surface area contributed by atoms with Crippen LogP contribution in [0.25, 0.3) is 0 Å². The number of anilines is 1. The van der Waals surface area contributed by atoms with Crippen LogP contribution in [0.3, 0.4) is 0 Å². The fourth-order valence-electron chi connectivity index (χ4n) is 2.86. The van der Waals surface area contributed by atoms with Crippen LogP contribution < -0.4 is 5.32 Å². The van der Waals surface area contributed by atoms with E-state index >= 15 is 0 Å². The average molecular weight is 362 g/mol. The van der Waals surface area contributed by atoms with Gasteiger partial charge in [0, 0.05) is 47.8 Å². The van der Waals surface area contributed by atoms with Crippen LogP contribution in [0.1, 0.15) is 24.1 Å². The Labute approximate surface area is 139 Å². The van der Waals surface area contributed by atoms with Crippen molar-refractivity contribution in [3.8, 4) is 0 Å². The predicted molar refractivity (Wildman–Crippen MR) is 90.6 cm³/mol. The highest BCUT2D eigenvalue weighted by Crippen LogP contribution is 2.18. The summed E-state index contributed by atoms with van der Waals surface area (Å²) >= 11 is 3.48. The molecule has 3 heterocycles. The van der Waals surface area contributed by atoms with E-state index in [0.29, 0.717) is 6.04 Å². The van der Waals surface area contributed by atoms with Crippen molar-refractivity contribution in [2.75, 3.05) is 18.4 Å². The lowest BCUT2D eigenvalue weighted by atomic mass is 10.0. The molecule has 5 nitrogen and oxygen atoms in total. The normalized spacial score (nSPS) is 19.1. The number of hydrogen-bond donors (Lipinski definition) is 1. The molecule has 2 aromatic heterocycles. The summed E-state index contributed by atoms with van der Waals surface area (Å²) in [4.78, 5) is 15.1. The second-order valence-corrected chi connectivity index (χ2v) is 6.69. The summed E-state index contributed by atoms with van der Waals surface area (Å²) in [7, 11) is 0. The van der Waals surface area contributed by atoms with E-state index in [4.69, 9.17) is 0 Å². The molecule has 1 fully saturated rings. The Balaban J connectivity index is 1.59. The quantitative estimate of drug-likeness (QED) is 0.906. The lowest BCUT2D eigenvalue weighted by molar-refractivity contribution is 0.208. The molecule has 3 rings (SSSR count). The highest BCUT2D eigenvalue weighted by atomic mass is 79.9. The second-order valence-electron chi connectivity index (χ2n) is 5.77. The molecular formula is C16H20BrN5. The van der Waals surface area contributed by atoms with Gasteiger partial charge in [0.05, 0.1) is 0 Å². The molecule has 0 saturated carbocycles. The third-order valence-electron chi connectivity index (χ3n) is 3.83. The smallest absolute Gasteiger partial charge is 0.129 e. The van der Waals surface area contributed by atoms with Crippen LogP contribution in [0.5, 0.6) is 0 Å². The van der Waals surface area contributed by atoms with Gasteiger partial charge in [0.1, 0.15) is 12.1 Å². The second kappa shape index (κ2) is 7.15. The third kappa shape index (κ3) is 4.24. The molecule has 2 aromatic rings. The predicted octanol–water partition coefficient (Wildman–Crippen LogP) is 3.02. The van der Waals surface area contributed by atoms with Gasteiger partial charge in [0.2, 0.25) is 0 Å². The van der Waals surface area contributed by atoms with Crippen molar-refractivity contribution in [3.05, 3.63) is 46.6 Å². The number of pyridine rings is 1. The molecule has 0 aliphatic carbocycles. The van der Waals surface area contributed by atoms with Crippen molar-refractivity contribution in [2.45, 2.75) is 32.4 Å². The summed E-state index contributed by atoms with van der Waals surface area (Å²) in [6, 6.07) is 4.57. The van der Waals surface area contributed by atoms with Crippen LogP contribution in [-0.4, -0.2) is 39.0 Å². The number of rotatable bonds is 4. The van der Waals surface area contributed by atoms with Crippen molar-refractivity contribution in [1.82, 2.24) is 19.9 Å². The van der Waals surface area contributed by atoms with E-state index in [1.54, 1.807) is 6.33 Å². The molecule has 0 bridgehead atoms. The van der Waals surface area contributed by atoms with Crippen molar-refractivity contribution < 1.29 is 0 Å². The number of nitrogens with zero attached hydrogens (tertiary/aromatic N) is 4. The minimum atomic E-state index is 0.433. The average Bonchev–Trinajstić information content (AvgIpc) is 2.47. The SMILES string of the molecule is Cc1cc(NC2CCCN(Cc3cncc(Br)c3)C2)ncn1. The Kier molecular flexibility index (Phi) is 5.00. The van der Waals surface area contributed by atoms with Crippen molar-refractivity contribution in [3.63, 3.8) is 0 Å². The number of halogens is 1. The monoisotopic (exact) mass is 361 g/mol. The Morgan fingerprint density at radius 1 is 1.32 bits per heavy atom. The highest BCUT2D eigenvalue weighted by molar-refractivity contribution is 9.10. The largest absolute Gasteiger partial charge is 0.366 e. The zero-order valence-electron chi connectivity index (χ0n) is 12.7. The van der Waals surface area contributed by atoms with Crippen LogP contribution in [0, 0.1) is 6.92 Å². The van der Waals surface area contributed by atoms with E-state index in [1.165, 1.54) is 18.4 Å². The van der Waals surface area contributed by atoms with Gasteiger partial charge in [-0.3, -0.25) is 9.88 Å². The lowest BCUT2D eigenvalue weighted by Gasteiger charge is -2.33. The number of aryl methyl sites for hydroxylation is 1. The van der Waals surface area contributed by atoms with Gasteiger partial charge in [-0.25, -0.2) is 9.97 Å². The lowest BCUT2D eigenvalue weighted by Crippen LogP contribution is -2.41. The topological polar surface area (TPSA) is 53.9 Å². The molecule has 0 radical (unpaired) electrons. The molecule has 1 unspecified atom stereocenters. The van der Waals surface area contributed by atoms with Crippen LogP contribution in [0.2, 0.25) is 0 Å². The summed E-state index contributed by atoms with van der Waals surface area (Å²) < 4.78 is 1.04. The molecule has 6 heteroatoms. The fraction of sp³-hybridized carbons (Fsp3) is 0.438. The van der Waals surface area contributed by atoms with Gasteiger partial charge in [0.25, 0.3) is 0 Å². The molecule has 1 saturated heterocycles. The van der Waals surface area contributed by atoms with Gasteiger partial charge in [-0.2, -0.15) is 0 Å². The molecule has 0 amide bonds. The number of piperidine rings is 1. The molecule has 1 aliphatic rings. The van der Waals surface area contributed by atoms with E-state index in [-0.39, 0.29) is 0 Å².